The number of hydrogen-bond acceptors (Lipinski definition) is 5. The van der Waals surface area contributed by atoms with Crippen LogP contribution in [0, 0.1) is 6.92 Å². The summed E-state index contributed by atoms with van der Waals surface area (Å²) >= 11 is 6.07. The lowest BCUT2D eigenvalue weighted by molar-refractivity contribution is 0.0218. The van der Waals surface area contributed by atoms with Crippen LogP contribution in [-0.4, -0.2) is 52.2 Å². The molecule has 0 radical (unpaired) electrons. The molecule has 1 aliphatic rings. The van der Waals surface area contributed by atoms with Gasteiger partial charge in [0.15, 0.2) is 0 Å². The van der Waals surface area contributed by atoms with Gasteiger partial charge in [0.05, 0.1) is 0 Å². The van der Waals surface area contributed by atoms with Gasteiger partial charge in [-0.2, -0.15) is 0 Å². The van der Waals surface area contributed by atoms with E-state index >= 15 is 0 Å². The molecule has 7 heteroatoms. The monoisotopic (exact) mass is 326 g/mol. The van der Waals surface area contributed by atoms with Gasteiger partial charge in [0.2, 0.25) is 5.95 Å². The number of ether oxygens (including phenoxy) is 1. The van der Waals surface area contributed by atoms with Crippen molar-refractivity contribution in [2.45, 2.75) is 46.3 Å². The molecule has 0 N–H and O–H groups in total. The zero-order valence-electron chi connectivity index (χ0n) is 13.8. The predicted molar refractivity (Wildman–Crippen MR) is 86.4 cm³/mol. The molecule has 1 amide bonds. The Bertz CT molecular complexity index is 559. The van der Waals surface area contributed by atoms with Gasteiger partial charge in [0.1, 0.15) is 10.8 Å². The lowest BCUT2D eigenvalue weighted by atomic mass is 10.2. The fourth-order valence-electron chi connectivity index (χ4n) is 2.30. The standard InChI is InChI=1S/C15H23ClN4O2/c1-10-8-17-13(18-12(10)16)20-7-6-19(9-11(20)2)14(21)22-15(3,4)5/h8,11H,6-7,9H2,1-5H3. The Morgan fingerprint density at radius 2 is 2.09 bits per heavy atom. The fraction of sp³-hybridized carbons (Fsp3) is 0.667. The van der Waals surface area contributed by atoms with Crippen molar-refractivity contribution in [3.8, 4) is 0 Å². The summed E-state index contributed by atoms with van der Waals surface area (Å²) < 4.78 is 5.42. The van der Waals surface area contributed by atoms with Crippen molar-refractivity contribution in [2.24, 2.45) is 0 Å². The first-order valence-corrected chi connectivity index (χ1v) is 7.79. The molecular weight excluding hydrogens is 304 g/mol. The molecule has 1 fully saturated rings. The summed E-state index contributed by atoms with van der Waals surface area (Å²) in [5, 5.41) is 0.465. The predicted octanol–water partition coefficient (Wildman–Crippen LogP) is 2.88. The van der Waals surface area contributed by atoms with Crippen LogP contribution in [0.4, 0.5) is 10.7 Å². The maximum atomic E-state index is 12.1. The minimum atomic E-state index is -0.481. The molecule has 1 atom stereocenters. The highest BCUT2D eigenvalue weighted by Gasteiger charge is 2.31. The van der Waals surface area contributed by atoms with Crippen molar-refractivity contribution in [1.82, 2.24) is 14.9 Å². The number of rotatable bonds is 1. The van der Waals surface area contributed by atoms with Crippen LogP contribution in [0.15, 0.2) is 6.20 Å². The van der Waals surface area contributed by atoms with Gasteiger partial charge in [-0.1, -0.05) is 11.6 Å². The number of hydrogen-bond donors (Lipinski definition) is 0. The largest absolute Gasteiger partial charge is 0.444 e. The second-order valence-electron chi connectivity index (χ2n) is 6.61. The number of carbonyl (C=O) groups is 1. The number of amides is 1. The van der Waals surface area contributed by atoms with Gasteiger partial charge in [-0.15, -0.1) is 0 Å². The van der Waals surface area contributed by atoms with Crippen LogP contribution in [0.5, 0.6) is 0 Å². The second kappa shape index (κ2) is 6.28. The summed E-state index contributed by atoms with van der Waals surface area (Å²) in [5.41, 5.74) is 0.371. The molecule has 0 aromatic carbocycles. The topological polar surface area (TPSA) is 58.6 Å². The lowest BCUT2D eigenvalue weighted by Gasteiger charge is -2.40. The first-order chi connectivity index (χ1) is 10.2. The minimum absolute atomic E-state index is 0.0973. The van der Waals surface area contributed by atoms with Gasteiger partial charge < -0.3 is 14.5 Å². The number of aromatic nitrogens is 2. The molecule has 1 saturated heterocycles. The Labute approximate surface area is 136 Å². The number of halogens is 1. The number of carbonyl (C=O) groups excluding carboxylic acids is 1. The maximum Gasteiger partial charge on any atom is 0.410 e. The zero-order valence-corrected chi connectivity index (χ0v) is 14.5. The number of nitrogens with zero attached hydrogens (tertiary/aromatic N) is 4. The molecule has 0 aliphatic carbocycles. The Kier molecular flexibility index (Phi) is 4.80. The number of piperazine rings is 1. The van der Waals surface area contributed by atoms with Crippen molar-refractivity contribution in [3.05, 3.63) is 16.9 Å². The lowest BCUT2D eigenvalue weighted by Crippen LogP contribution is -2.55. The minimum Gasteiger partial charge on any atom is -0.444 e. The zero-order chi connectivity index (χ0) is 16.5. The highest BCUT2D eigenvalue weighted by molar-refractivity contribution is 6.30. The Hall–Kier alpha value is -1.56. The smallest absolute Gasteiger partial charge is 0.410 e. The summed E-state index contributed by atoms with van der Waals surface area (Å²) in [6.45, 7) is 11.3. The van der Waals surface area contributed by atoms with Crippen molar-refractivity contribution in [1.29, 1.82) is 0 Å². The first-order valence-electron chi connectivity index (χ1n) is 7.41. The second-order valence-corrected chi connectivity index (χ2v) is 6.97. The molecule has 1 aromatic heterocycles. The van der Waals surface area contributed by atoms with Gasteiger partial charge in [-0.25, -0.2) is 14.8 Å². The Morgan fingerprint density at radius 1 is 1.41 bits per heavy atom. The molecule has 0 bridgehead atoms. The van der Waals surface area contributed by atoms with E-state index in [1.165, 1.54) is 0 Å². The average Bonchev–Trinajstić information content (AvgIpc) is 2.40. The van der Waals surface area contributed by atoms with Crippen molar-refractivity contribution in [2.75, 3.05) is 24.5 Å². The van der Waals surface area contributed by atoms with E-state index in [4.69, 9.17) is 16.3 Å². The summed E-state index contributed by atoms with van der Waals surface area (Å²) in [4.78, 5) is 24.6. The van der Waals surface area contributed by atoms with Gasteiger partial charge in [-0.3, -0.25) is 0 Å². The SMILES string of the molecule is Cc1cnc(N2CCN(C(=O)OC(C)(C)C)CC2C)nc1Cl. The van der Waals surface area contributed by atoms with E-state index in [-0.39, 0.29) is 12.1 Å². The maximum absolute atomic E-state index is 12.1. The van der Waals surface area contributed by atoms with Crippen LogP contribution in [-0.2, 0) is 4.74 Å². The number of aryl methyl sites for hydroxylation is 1. The van der Waals surface area contributed by atoms with Gasteiger partial charge >= 0.3 is 6.09 Å². The molecule has 2 rings (SSSR count). The van der Waals surface area contributed by atoms with E-state index in [0.717, 1.165) is 5.56 Å². The van der Waals surface area contributed by atoms with Crippen molar-refractivity contribution < 1.29 is 9.53 Å². The third-order valence-corrected chi connectivity index (χ3v) is 3.82. The van der Waals surface area contributed by atoms with Crippen LogP contribution in [0.25, 0.3) is 0 Å². The van der Waals surface area contributed by atoms with E-state index in [1.54, 1.807) is 11.1 Å². The highest BCUT2D eigenvalue weighted by Crippen LogP contribution is 2.21. The molecule has 22 heavy (non-hydrogen) atoms. The molecule has 122 valence electrons. The first kappa shape index (κ1) is 16.8. The fourth-order valence-corrected chi connectivity index (χ4v) is 2.42. The van der Waals surface area contributed by atoms with Crippen LogP contribution < -0.4 is 4.90 Å². The van der Waals surface area contributed by atoms with Crippen LogP contribution in [0.2, 0.25) is 5.15 Å². The third kappa shape index (κ3) is 4.00. The number of anilines is 1. The molecule has 1 aromatic rings. The summed E-state index contributed by atoms with van der Waals surface area (Å²) in [6.07, 6.45) is 1.44. The van der Waals surface area contributed by atoms with E-state index in [1.807, 2.05) is 34.6 Å². The molecule has 1 unspecified atom stereocenters. The van der Waals surface area contributed by atoms with Crippen molar-refractivity contribution >= 4 is 23.6 Å². The third-order valence-electron chi connectivity index (χ3n) is 3.43. The van der Waals surface area contributed by atoms with Gasteiger partial charge in [-0.05, 0) is 34.6 Å². The average molecular weight is 327 g/mol. The summed E-state index contributed by atoms with van der Waals surface area (Å²) in [6, 6.07) is 0.0973. The van der Waals surface area contributed by atoms with Crippen molar-refractivity contribution in [3.63, 3.8) is 0 Å². The van der Waals surface area contributed by atoms with Crippen LogP contribution in [0.3, 0.4) is 0 Å². The van der Waals surface area contributed by atoms with E-state index in [2.05, 4.69) is 14.9 Å². The molecule has 1 aliphatic heterocycles. The van der Waals surface area contributed by atoms with E-state index in [0.29, 0.717) is 30.7 Å². The highest BCUT2D eigenvalue weighted by atomic mass is 35.5. The molecule has 6 nitrogen and oxygen atoms in total. The van der Waals surface area contributed by atoms with Gasteiger partial charge in [0, 0.05) is 37.4 Å². The Morgan fingerprint density at radius 3 is 2.64 bits per heavy atom. The van der Waals surface area contributed by atoms with Crippen LogP contribution >= 0.6 is 11.6 Å². The molecule has 2 heterocycles. The molecular formula is C15H23ClN4O2. The van der Waals surface area contributed by atoms with Gasteiger partial charge in [0.25, 0.3) is 0 Å². The molecule has 0 saturated carbocycles. The van der Waals surface area contributed by atoms with E-state index < -0.39 is 5.60 Å². The Balaban J connectivity index is 2.03. The molecule has 0 spiro atoms. The van der Waals surface area contributed by atoms with Crippen LogP contribution in [0.1, 0.15) is 33.3 Å². The summed E-state index contributed by atoms with van der Waals surface area (Å²) in [5.74, 6) is 0.604. The summed E-state index contributed by atoms with van der Waals surface area (Å²) in [7, 11) is 0. The quantitative estimate of drug-likeness (QED) is 0.743. The normalized spacial score (nSPS) is 19.3. The van der Waals surface area contributed by atoms with E-state index in [9.17, 15) is 4.79 Å².